The molecule has 0 unspecified atom stereocenters. The zero-order valence-electron chi connectivity index (χ0n) is 10.7. The molecule has 3 N–H and O–H groups in total. The number of halogens is 3. The first-order valence-electron chi connectivity index (χ1n) is 6.07. The quantitative estimate of drug-likeness (QED) is 0.828. The lowest BCUT2D eigenvalue weighted by atomic mass is 10.1. The number of hydrogen-bond donors (Lipinski definition) is 2. The van der Waals surface area contributed by atoms with Crippen LogP contribution in [0.2, 0.25) is 0 Å². The van der Waals surface area contributed by atoms with Crippen molar-refractivity contribution in [2.75, 3.05) is 17.8 Å². The Morgan fingerprint density at radius 3 is 2.38 bits per heavy atom. The Balaban J connectivity index is 1.88. The van der Waals surface area contributed by atoms with Crippen LogP contribution in [0.25, 0.3) is 0 Å². The molecule has 4 nitrogen and oxygen atoms in total. The molecule has 2 aromatic rings. The third kappa shape index (κ3) is 2.67. The lowest BCUT2D eigenvalue weighted by molar-refractivity contribution is -0.136. The summed E-state index contributed by atoms with van der Waals surface area (Å²) in [5.41, 5.74) is 5.07. The molecule has 7 heteroatoms. The van der Waals surface area contributed by atoms with E-state index < -0.39 is 11.7 Å². The van der Waals surface area contributed by atoms with E-state index in [4.69, 9.17) is 15.2 Å². The molecule has 0 saturated carbocycles. The van der Waals surface area contributed by atoms with E-state index in [9.17, 15) is 13.2 Å². The third-order valence-corrected chi connectivity index (χ3v) is 3.02. The van der Waals surface area contributed by atoms with Crippen LogP contribution < -0.4 is 20.5 Å². The summed E-state index contributed by atoms with van der Waals surface area (Å²) in [7, 11) is 0. The van der Waals surface area contributed by atoms with Crippen LogP contribution in [0, 0.1) is 0 Å². The molecule has 2 aromatic carbocycles. The first-order chi connectivity index (χ1) is 9.93. The Morgan fingerprint density at radius 1 is 0.952 bits per heavy atom. The molecule has 0 radical (unpaired) electrons. The van der Waals surface area contributed by atoms with Gasteiger partial charge in [-0.2, -0.15) is 13.2 Å². The van der Waals surface area contributed by atoms with E-state index in [1.165, 1.54) is 12.1 Å². The largest absolute Gasteiger partial charge is 0.454 e. The van der Waals surface area contributed by atoms with E-state index in [-0.39, 0.29) is 18.2 Å². The van der Waals surface area contributed by atoms with Crippen molar-refractivity contribution in [3.8, 4) is 11.5 Å². The van der Waals surface area contributed by atoms with Gasteiger partial charge in [0.05, 0.1) is 5.56 Å². The van der Waals surface area contributed by atoms with Gasteiger partial charge in [-0.1, -0.05) is 0 Å². The average molecular weight is 296 g/mol. The van der Waals surface area contributed by atoms with Gasteiger partial charge in [0, 0.05) is 23.1 Å². The minimum Gasteiger partial charge on any atom is -0.454 e. The number of rotatable bonds is 2. The highest BCUT2D eigenvalue weighted by molar-refractivity contribution is 5.67. The van der Waals surface area contributed by atoms with Crippen LogP contribution in [0.15, 0.2) is 36.4 Å². The maximum Gasteiger partial charge on any atom is 0.418 e. The van der Waals surface area contributed by atoms with E-state index in [0.29, 0.717) is 17.2 Å². The van der Waals surface area contributed by atoms with Gasteiger partial charge in [0.1, 0.15) is 0 Å². The molecule has 0 saturated heterocycles. The topological polar surface area (TPSA) is 56.5 Å². The predicted octanol–water partition coefficient (Wildman–Crippen LogP) is 3.76. The Bertz CT molecular complexity index is 686. The van der Waals surface area contributed by atoms with Crippen molar-refractivity contribution in [1.29, 1.82) is 0 Å². The number of fused-ring (bicyclic) bond motifs is 1. The summed E-state index contributed by atoms with van der Waals surface area (Å²) in [6.07, 6.45) is -4.49. The second-order valence-electron chi connectivity index (χ2n) is 4.49. The Kier molecular flexibility index (Phi) is 3.04. The molecule has 1 aliphatic heterocycles. The van der Waals surface area contributed by atoms with Gasteiger partial charge in [0.15, 0.2) is 11.5 Å². The van der Waals surface area contributed by atoms with Crippen LogP contribution >= 0.6 is 0 Å². The number of benzene rings is 2. The SMILES string of the molecule is Nc1ccc(Nc2ccc3c(c2)OCO3)cc1C(F)(F)F. The normalized spacial score (nSPS) is 13.3. The van der Waals surface area contributed by atoms with Crippen molar-refractivity contribution < 1.29 is 22.6 Å². The van der Waals surface area contributed by atoms with Gasteiger partial charge in [-0.05, 0) is 30.3 Å². The molecule has 0 fully saturated rings. The predicted molar refractivity (Wildman–Crippen MR) is 71.7 cm³/mol. The van der Waals surface area contributed by atoms with Crippen molar-refractivity contribution in [3.05, 3.63) is 42.0 Å². The Labute approximate surface area is 118 Å². The van der Waals surface area contributed by atoms with Crippen LogP contribution in [0.4, 0.5) is 30.2 Å². The van der Waals surface area contributed by atoms with Crippen LogP contribution in [-0.4, -0.2) is 6.79 Å². The van der Waals surface area contributed by atoms with Crippen LogP contribution in [0.1, 0.15) is 5.56 Å². The Hall–Kier alpha value is -2.57. The first kappa shape index (κ1) is 13.4. The summed E-state index contributed by atoms with van der Waals surface area (Å²) in [6, 6.07) is 8.71. The van der Waals surface area contributed by atoms with Crippen molar-refractivity contribution in [1.82, 2.24) is 0 Å². The van der Waals surface area contributed by atoms with Crippen LogP contribution in [0.5, 0.6) is 11.5 Å². The summed E-state index contributed by atoms with van der Waals surface area (Å²) in [5, 5.41) is 2.88. The van der Waals surface area contributed by atoms with Crippen molar-refractivity contribution in [2.45, 2.75) is 6.18 Å². The standard InChI is InChI=1S/C14H11F3N2O2/c15-14(16,17)10-5-8(1-3-11(10)18)19-9-2-4-12-13(6-9)21-7-20-12/h1-6,19H,7,18H2. The summed E-state index contributed by atoms with van der Waals surface area (Å²) in [5.74, 6) is 1.15. The number of anilines is 3. The fourth-order valence-electron chi connectivity index (χ4n) is 2.02. The van der Waals surface area contributed by atoms with Gasteiger partial charge < -0.3 is 20.5 Å². The summed E-state index contributed by atoms with van der Waals surface area (Å²) < 4.78 is 48.8. The minimum absolute atomic E-state index is 0.138. The molecule has 0 aromatic heterocycles. The fraction of sp³-hybridized carbons (Fsp3) is 0.143. The lowest BCUT2D eigenvalue weighted by Gasteiger charge is -2.13. The van der Waals surface area contributed by atoms with Gasteiger partial charge in [-0.15, -0.1) is 0 Å². The van der Waals surface area contributed by atoms with E-state index >= 15 is 0 Å². The molecule has 0 aliphatic carbocycles. The van der Waals surface area contributed by atoms with Gasteiger partial charge in [-0.3, -0.25) is 0 Å². The van der Waals surface area contributed by atoms with E-state index in [2.05, 4.69) is 5.32 Å². The number of nitrogens with one attached hydrogen (secondary N) is 1. The van der Waals surface area contributed by atoms with Crippen LogP contribution in [0.3, 0.4) is 0 Å². The summed E-state index contributed by atoms with van der Waals surface area (Å²) in [4.78, 5) is 0. The van der Waals surface area contributed by atoms with Gasteiger partial charge in [0.2, 0.25) is 6.79 Å². The number of nitrogen functional groups attached to an aromatic ring is 1. The zero-order valence-corrected chi connectivity index (χ0v) is 10.7. The van der Waals surface area contributed by atoms with Gasteiger partial charge >= 0.3 is 6.18 Å². The second kappa shape index (κ2) is 4.76. The molecule has 3 rings (SSSR count). The average Bonchev–Trinajstić information content (AvgIpc) is 2.87. The van der Waals surface area contributed by atoms with E-state index in [1.807, 2.05) is 0 Å². The number of alkyl halides is 3. The highest BCUT2D eigenvalue weighted by atomic mass is 19.4. The molecule has 0 amide bonds. The Morgan fingerprint density at radius 2 is 1.62 bits per heavy atom. The molecule has 21 heavy (non-hydrogen) atoms. The third-order valence-electron chi connectivity index (χ3n) is 3.02. The molecule has 1 heterocycles. The van der Waals surface area contributed by atoms with Crippen molar-refractivity contribution in [3.63, 3.8) is 0 Å². The molecular weight excluding hydrogens is 285 g/mol. The van der Waals surface area contributed by atoms with Crippen molar-refractivity contribution >= 4 is 17.1 Å². The van der Waals surface area contributed by atoms with Crippen LogP contribution in [-0.2, 0) is 6.18 Å². The van der Waals surface area contributed by atoms with Crippen molar-refractivity contribution in [2.24, 2.45) is 0 Å². The van der Waals surface area contributed by atoms with Gasteiger partial charge in [0.25, 0.3) is 0 Å². The highest BCUT2D eigenvalue weighted by Gasteiger charge is 2.33. The lowest BCUT2D eigenvalue weighted by Crippen LogP contribution is -2.09. The molecule has 1 aliphatic rings. The minimum atomic E-state index is -4.49. The molecule has 0 bridgehead atoms. The fourth-order valence-corrected chi connectivity index (χ4v) is 2.02. The zero-order chi connectivity index (χ0) is 15.0. The smallest absolute Gasteiger partial charge is 0.418 e. The highest BCUT2D eigenvalue weighted by Crippen LogP contribution is 2.37. The van der Waals surface area contributed by atoms with Gasteiger partial charge in [-0.25, -0.2) is 0 Å². The second-order valence-corrected chi connectivity index (χ2v) is 4.49. The molecule has 0 spiro atoms. The number of hydrogen-bond acceptors (Lipinski definition) is 4. The summed E-state index contributed by atoms with van der Waals surface area (Å²) >= 11 is 0. The number of nitrogens with two attached hydrogens (primary N) is 1. The monoisotopic (exact) mass is 296 g/mol. The summed E-state index contributed by atoms with van der Waals surface area (Å²) in [6.45, 7) is 0.138. The molecule has 0 atom stereocenters. The molecular formula is C14H11F3N2O2. The molecule has 110 valence electrons. The maximum atomic E-state index is 12.8. The van der Waals surface area contributed by atoms with E-state index in [1.54, 1.807) is 18.2 Å². The number of ether oxygens (including phenoxy) is 2. The van der Waals surface area contributed by atoms with E-state index in [0.717, 1.165) is 6.07 Å². The first-order valence-corrected chi connectivity index (χ1v) is 6.07. The maximum absolute atomic E-state index is 12.8.